The minimum Gasteiger partial charge on any atom is -0.390 e. The quantitative estimate of drug-likeness (QED) is 0.332. The fourth-order valence-corrected chi connectivity index (χ4v) is 9.61. The summed E-state index contributed by atoms with van der Waals surface area (Å²) in [4.78, 5) is 23.9. The van der Waals surface area contributed by atoms with Crippen molar-refractivity contribution >= 4 is 16.8 Å². The van der Waals surface area contributed by atoms with Crippen molar-refractivity contribution < 1.29 is 9.90 Å². The van der Waals surface area contributed by atoms with E-state index in [1.165, 1.54) is 39.7 Å². The van der Waals surface area contributed by atoms with Crippen molar-refractivity contribution in [3.63, 3.8) is 0 Å². The van der Waals surface area contributed by atoms with Gasteiger partial charge in [0.2, 0.25) is 5.91 Å². The molecule has 5 fully saturated rings. The van der Waals surface area contributed by atoms with E-state index in [1.54, 1.807) is 0 Å². The fourth-order valence-electron chi connectivity index (χ4n) is 9.61. The van der Waals surface area contributed by atoms with Crippen LogP contribution in [0.3, 0.4) is 0 Å². The lowest BCUT2D eigenvalue weighted by Gasteiger charge is -2.60. The predicted octanol–water partition coefficient (Wildman–Crippen LogP) is 6.35. The Morgan fingerprint density at radius 2 is 1.76 bits per heavy atom. The lowest BCUT2D eigenvalue weighted by molar-refractivity contribution is -0.151. The number of piperidine rings is 1. The number of amides is 1. The van der Waals surface area contributed by atoms with Crippen LogP contribution < -0.4 is 5.32 Å². The van der Waals surface area contributed by atoms with Crippen LogP contribution >= 0.6 is 0 Å². The molecule has 3 N–H and O–H groups in total. The van der Waals surface area contributed by atoms with Gasteiger partial charge in [-0.15, -0.1) is 0 Å². The van der Waals surface area contributed by atoms with Crippen LogP contribution in [-0.2, 0) is 4.79 Å². The Bertz CT molecular complexity index is 1450. The highest BCUT2D eigenvalue weighted by Gasteiger charge is 2.57. The molecule has 1 amide bonds. The first kappa shape index (κ1) is 27.2. The predicted molar refractivity (Wildman–Crippen MR) is 164 cm³/mol. The van der Waals surface area contributed by atoms with E-state index in [2.05, 4.69) is 78.2 Å². The topological polar surface area (TPSA) is 81.2 Å². The number of likely N-dealkylation sites (tertiary alicyclic amines) is 1. The number of fused-ring (bicyclic) bond motifs is 1. The van der Waals surface area contributed by atoms with Gasteiger partial charge in [0.05, 0.1) is 17.8 Å². The zero-order chi connectivity index (χ0) is 28.5. The molecule has 2 aromatic heterocycles. The molecule has 1 saturated heterocycles. The molecule has 5 aliphatic rings. The minimum atomic E-state index is -0.539. The number of nitrogens with one attached hydrogen (secondary N) is 2. The first-order valence-corrected chi connectivity index (χ1v) is 15.9. The molecule has 4 saturated carbocycles. The molecule has 0 spiro atoms. The van der Waals surface area contributed by atoms with Gasteiger partial charge in [-0.1, -0.05) is 19.9 Å². The number of H-pyrrole nitrogens is 1. The summed E-state index contributed by atoms with van der Waals surface area (Å²) in [6, 6.07) is 11.4. The average Bonchev–Trinajstić information content (AvgIpc) is 3.26. The molecule has 4 bridgehead atoms. The van der Waals surface area contributed by atoms with Gasteiger partial charge < -0.3 is 15.4 Å². The third-order valence-electron chi connectivity index (χ3n) is 10.7. The van der Waals surface area contributed by atoms with Gasteiger partial charge in [-0.25, -0.2) is 0 Å². The molecule has 0 radical (unpaired) electrons. The Balaban J connectivity index is 1.03. The summed E-state index contributed by atoms with van der Waals surface area (Å²) in [6.45, 7) is 11.1. The van der Waals surface area contributed by atoms with Gasteiger partial charge in [0.15, 0.2) is 0 Å². The highest BCUT2D eigenvalue weighted by Crippen LogP contribution is 2.57. The summed E-state index contributed by atoms with van der Waals surface area (Å²) in [5, 5.41) is 15.9. The first-order valence-electron chi connectivity index (χ1n) is 15.9. The standard InChI is InChI=1S/C35H46N4O2/c1-21(2)32-29-14-27(5-6-30(29)37-33(32)28-11-22(3)36-23(4)12-28)26-7-9-39(10-8-26)19-31(40)38-34-15-24-13-25(16-34)18-35(41,17-24)20-34/h5-6,11-12,14,21,24-26,37,41H,7-10,13,15-20H2,1-4H3,(H,38,40)/t24-,25+,34+,35-. The highest BCUT2D eigenvalue weighted by molar-refractivity contribution is 5.92. The van der Waals surface area contributed by atoms with E-state index in [9.17, 15) is 9.90 Å². The Hall–Kier alpha value is -2.70. The number of aromatic amines is 1. The molecule has 0 unspecified atom stereocenters. The number of carbonyl (C=O) groups excluding carboxylic acids is 1. The summed E-state index contributed by atoms with van der Waals surface area (Å²) >= 11 is 0. The second-order valence-corrected chi connectivity index (χ2v) is 14.6. The maximum Gasteiger partial charge on any atom is 0.234 e. The smallest absolute Gasteiger partial charge is 0.234 e. The van der Waals surface area contributed by atoms with Crippen LogP contribution in [0.5, 0.6) is 0 Å². The lowest BCUT2D eigenvalue weighted by Crippen LogP contribution is -2.66. The van der Waals surface area contributed by atoms with E-state index in [0.717, 1.165) is 69.4 Å². The zero-order valence-electron chi connectivity index (χ0n) is 25.2. The summed E-state index contributed by atoms with van der Waals surface area (Å²) in [5.41, 5.74) is 7.81. The average molecular weight is 555 g/mol. The molecular formula is C35H46N4O2. The van der Waals surface area contributed by atoms with Gasteiger partial charge in [0.1, 0.15) is 0 Å². The number of nitrogens with zero attached hydrogens (tertiary/aromatic N) is 2. The molecule has 4 atom stereocenters. The molecule has 6 heteroatoms. The summed E-state index contributed by atoms with van der Waals surface area (Å²) in [6.07, 6.45) is 8.13. The summed E-state index contributed by atoms with van der Waals surface area (Å²) in [7, 11) is 0. The SMILES string of the molecule is Cc1cc(-c2[nH]c3ccc(C4CCN(CC(=O)N[C@@]56C[C@@H]7C[C@@H](C[C@@](O)(C7)C5)C6)CC4)cc3c2C(C)C)cc(C)n1. The third kappa shape index (κ3) is 5.12. The summed E-state index contributed by atoms with van der Waals surface area (Å²) < 4.78 is 0. The van der Waals surface area contributed by atoms with E-state index < -0.39 is 5.60 Å². The van der Waals surface area contributed by atoms with Crippen molar-refractivity contribution in [2.75, 3.05) is 19.6 Å². The molecule has 6 nitrogen and oxygen atoms in total. The van der Waals surface area contributed by atoms with Gasteiger partial charge in [-0.2, -0.15) is 0 Å². The number of pyridine rings is 1. The largest absolute Gasteiger partial charge is 0.390 e. The fraction of sp³-hybridized carbons (Fsp3) is 0.600. The Morgan fingerprint density at radius 3 is 2.39 bits per heavy atom. The highest BCUT2D eigenvalue weighted by atomic mass is 16.3. The molecule has 3 heterocycles. The first-order chi connectivity index (χ1) is 19.6. The van der Waals surface area contributed by atoms with E-state index in [1.807, 2.05) is 0 Å². The summed E-state index contributed by atoms with van der Waals surface area (Å²) in [5.74, 6) is 2.23. The van der Waals surface area contributed by atoms with E-state index >= 15 is 0 Å². The molecule has 1 aromatic carbocycles. The number of carbonyl (C=O) groups is 1. The maximum absolute atomic E-state index is 13.2. The van der Waals surface area contributed by atoms with Crippen molar-refractivity contribution in [3.05, 3.63) is 52.8 Å². The molecule has 1 aliphatic heterocycles. The maximum atomic E-state index is 13.2. The van der Waals surface area contributed by atoms with Gasteiger partial charge in [0, 0.05) is 33.4 Å². The van der Waals surface area contributed by atoms with E-state index in [0.29, 0.717) is 30.2 Å². The van der Waals surface area contributed by atoms with E-state index in [-0.39, 0.29) is 11.4 Å². The van der Waals surface area contributed by atoms with Crippen molar-refractivity contribution in [1.82, 2.24) is 20.2 Å². The Labute approximate surface area is 244 Å². The Kier molecular flexibility index (Phi) is 6.59. The molecular weight excluding hydrogens is 508 g/mol. The molecule has 218 valence electrons. The van der Waals surface area contributed by atoms with Gasteiger partial charge in [-0.3, -0.25) is 14.7 Å². The van der Waals surface area contributed by atoms with Crippen molar-refractivity contribution in [2.45, 2.75) is 102 Å². The molecule has 8 rings (SSSR count). The molecule has 4 aliphatic carbocycles. The number of rotatable bonds is 6. The Morgan fingerprint density at radius 1 is 1.07 bits per heavy atom. The van der Waals surface area contributed by atoms with Crippen LogP contribution in [0.15, 0.2) is 30.3 Å². The molecule has 3 aromatic rings. The van der Waals surface area contributed by atoms with Crippen LogP contribution in [-0.4, -0.2) is 56.7 Å². The van der Waals surface area contributed by atoms with Gasteiger partial charge in [-0.05, 0) is 137 Å². The minimum absolute atomic E-state index is 0.151. The number of aryl methyl sites for hydroxylation is 2. The number of aromatic nitrogens is 2. The second-order valence-electron chi connectivity index (χ2n) is 14.6. The van der Waals surface area contributed by atoms with Crippen molar-refractivity contribution in [3.8, 4) is 11.3 Å². The van der Waals surface area contributed by atoms with Crippen LogP contribution in [0.2, 0.25) is 0 Å². The van der Waals surface area contributed by atoms with Gasteiger partial charge >= 0.3 is 0 Å². The van der Waals surface area contributed by atoms with Crippen molar-refractivity contribution in [1.29, 1.82) is 0 Å². The zero-order valence-corrected chi connectivity index (χ0v) is 25.2. The number of benzene rings is 1. The van der Waals surface area contributed by atoms with Crippen LogP contribution in [0.1, 0.15) is 99.6 Å². The lowest BCUT2D eigenvalue weighted by atomic mass is 9.51. The van der Waals surface area contributed by atoms with Crippen LogP contribution in [0, 0.1) is 25.7 Å². The number of aliphatic hydroxyl groups is 1. The van der Waals surface area contributed by atoms with Gasteiger partial charge in [0.25, 0.3) is 0 Å². The van der Waals surface area contributed by atoms with E-state index in [4.69, 9.17) is 0 Å². The molecule has 41 heavy (non-hydrogen) atoms. The number of hydrogen-bond acceptors (Lipinski definition) is 4. The second kappa shape index (κ2) is 9.95. The van der Waals surface area contributed by atoms with Crippen LogP contribution in [0.4, 0.5) is 0 Å². The monoisotopic (exact) mass is 554 g/mol. The third-order valence-corrected chi connectivity index (χ3v) is 10.7. The normalized spacial score (nSPS) is 30.0. The van der Waals surface area contributed by atoms with Crippen molar-refractivity contribution in [2.24, 2.45) is 11.8 Å². The number of hydrogen-bond donors (Lipinski definition) is 3. The van der Waals surface area contributed by atoms with Crippen LogP contribution in [0.25, 0.3) is 22.2 Å².